The third-order valence-electron chi connectivity index (χ3n) is 2.65. The molecule has 1 heterocycles. The number of aromatic carboxylic acids is 1. The van der Waals surface area contributed by atoms with Crippen molar-refractivity contribution in [3.8, 4) is 5.75 Å². The highest BCUT2D eigenvalue weighted by Crippen LogP contribution is 2.24. The van der Waals surface area contributed by atoms with Crippen LogP contribution in [0.25, 0.3) is 0 Å². The molecule has 0 unspecified atom stereocenters. The maximum absolute atomic E-state index is 12.1. The van der Waals surface area contributed by atoms with E-state index in [2.05, 4.69) is 14.7 Å². The van der Waals surface area contributed by atoms with E-state index >= 15 is 0 Å². The zero-order valence-corrected chi connectivity index (χ0v) is 12.1. The number of ether oxygens (including phenoxy) is 1. The lowest BCUT2D eigenvalue weighted by Gasteiger charge is -2.09. The summed E-state index contributed by atoms with van der Waals surface area (Å²) in [6.45, 7) is 1.63. The van der Waals surface area contributed by atoms with Crippen LogP contribution in [0.4, 0.5) is 5.69 Å². The van der Waals surface area contributed by atoms with Crippen molar-refractivity contribution >= 4 is 21.7 Å². The van der Waals surface area contributed by atoms with Crippen LogP contribution in [0.1, 0.15) is 16.2 Å². The number of hydrogen-bond donors (Lipinski definition) is 3. The summed E-state index contributed by atoms with van der Waals surface area (Å²) in [4.78, 5) is 17.4. The molecule has 1 aromatic heterocycles. The summed E-state index contributed by atoms with van der Waals surface area (Å²) in [6, 6.07) is 3.90. The minimum atomic E-state index is -3.82. The number of imidazole rings is 1. The van der Waals surface area contributed by atoms with Gasteiger partial charge < -0.3 is 14.8 Å². The van der Waals surface area contributed by atoms with Crippen molar-refractivity contribution in [3.05, 3.63) is 35.8 Å². The maximum Gasteiger partial charge on any atom is 0.339 e. The molecular weight excluding hydrogens is 298 g/mol. The van der Waals surface area contributed by atoms with Gasteiger partial charge in [-0.2, -0.15) is 8.42 Å². The number of carbonyl (C=O) groups is 1. The zero-order chi connectivity index (χ0) is 15.6. The SMILES string of the molecule is COc1cc(NS(=O)(=O)c2cnc(C)[nH]2)ccc1C(=O)O. The molecule has 2 rings (SSSR count). The summed E-state index contributed by atoms with van der Waals surface area (Å²) in [5.74, 6) is -0.636. The van der Waals surface area contributed by atoms with E-state index in [1.807, 2.05) is 0 Å². The van der Waals surface area contributed by atoms with Crippen LogP contribution >= 0.6 is 0 Å². The number of H-pyrrole nitrogens is 1. The number of rotatable bonds is 5. The molecule has 0 saturated carbocycles. The van der Waals surface area contributed by atoms with Gasteiger partial charge in [0.1, 0.15) is 17.1 Å². The number of aryl methyl sites for hydroxylation is 1. The fourth-order valence-corrected chi connectivity index (χ4v) is 2.70. The topological polar surface area (TPSA) is 121 Å². The van der Waals surface area contributed by atoms with Gasteiger partial charge in [0.05, 0.1) is 19.0 Å². The number of carboxylic acid groups (broad SMARTS) is 1. The number of benzene rings is 1. The summed E-state index contributed by atoms with van der Waals surface area (Å²) in [7, 11) is -2.52. The molecule has 2 aromatic rings. The van der Waals surface area contributed by atoms with Gasteiger partial charge >= 0.3 is 5.97 Å². The van der Waals surface area contributed by atoms with Crippen LogP contribution in [-0.4, -0.2) is 36.6 Å². The van der Waals surface area contributed by atoms with E-state index in [0.29, 0.717) is 5.82 Å². The highest BCUT2D eigenvalue weighted by Gasteiger charge is 2.18. The van der Waals surface area contributed by atoms with Crippen LogP contribution in [0.2, 0.25) is 0 Å². The molecule has 1 aromatic carbocycles. The van der Waals surface area contributed by atoms with Crippen LogP contribution in [0.3, 0.4) is 0 Å². The van der Waals surface area contributed by atoms with Crippen LogP contribution in [0.15, 0.2) is 29.4 Å². The van der Waals surface area contributed by atoms with E-state index in [-0.39, 0.29) is 22.0 Å². The molecule has 0 saturated heterocycles. The first-order chi connectivity index (χ1) is 9.83. The van der Waals surface area contributed by atoms with Gasteiger partial charge in [-0.15, -0.1) is 0 Å². The van der Waals surface area contributed by atoms with Crippen molar-refractivity contribution < 1.29 is 23.1 Å². The molecule has 0 amide bonds. The van der Waals surface area contributed by atoms with Crippen molar-refractivity contribution in [1.29, 1.82) is 0 Å². The minimum Gasteiger partial charge on any atom is -0.496 e. The molecule has 8 nitrogen and oxygen atoms in total. The average Bonchev–Trinajstić information content (AvgIpc) is 2.85. The Morgan fingerprint density at radius 3 is 2.67 bits per heavy atom. The monoisotopic (exact) mass is 311 g/mol. The number of sulfonamides is 1. The Labute approximate surface area is 120 Å². The second-order valence-corrected chi connectivity index (χ2v) is 5.81. The Morgan fingerprint density at radius 2 is 2.14 bits per heavy atom. The second-order valence-electron chi connectivity index (χ2n) is 4.16. The number of nitrogens with zero attached hydrogens (tertiary/aromatic N) is 1. The van der Waals surface area contributed by atoms with Crippen molar-refractivity contribution in [3.63, 3.8) is 0 Å². The maximum atomic E-state index is 12.1. The first-order valence-electron chi connectivity index (χ1n) is 5.79. The van der Waals surface area contributed by atoms with Crippen LogP contribution in [0.5, 0.6) is 5.75 Å². The molecule has 0 aliphatic heterocycles. The minimum absolute atomic E-state index is 0.0576. The second kappa shape index (κ2) is 5.44. The molecule has 0 aliphatic rings. The molecule has 0 atom stereocenters. The van der Waals surface area contributed by atoms with Gasteiger partial charge in [-0.25, -0.2) is 9.78 Å². The lowest BCUT2D eigenvalue weighted by atomic mass is 10.2. The van der Waals surface area contributed by atoms with Crippen molar-refractivity contribution in [1.82, 2.24) is 9.97 Å². The van der Waals surface area contributed by atoms with Crippen molar-refractivity contribution in [2.75, 3.05) is 11.8 Å². The fraction of sp³-hybridized carbons (Fsp3) is 0.167. The van der Waals surface area contributed by atoms with E-state index in [1.54, 1.807) is 6.92 Å². The Bertz CT molecular complexity index is 782. The quantitative estimate of drug-likeness (QED) is 0.763. The van der Waals surface area contributed by atoms with Crippen LogP contribution in [0, 0.1) is 6.92 Å². The zero-order valence-electron chi connectivity index (χ0n) is 11.2. The third-order valence-corrected chi connectivity index (χ3v) is 3.94. The van der Waals surface area contributed by atoms with Crippen molar-refractivity contribution in [2.24, 2.45) is 0 Å². The third kappa shape index (κ3) is 3.14. The Kier molecular flexibility index (Phi) is 3.85. The van der Waals surface area contributed by atoms with E-state index < -0.39 is 16.0 Å². The van der Waals surface area contributed by atoms with E-state index in [9.17, 15) is 13.2 Å². The van der Waals surface area contributed by atoms with E-state index in [0.717, 1.165) is 0 Å². The molecule has 21 heavy (non-hydrogen) atoms. The lowest BCUT2D eigenvalue weighted by molar-refractivity contribution is 0.0693. The summed E-state index contributed by atoms with van der Waals surface area (Å²) in [5, 5.41) is 8.89. The van der Waals surface area contributed by atoms with Crippen LogP contribution < -0.4 is 9.46 Å². The normalized spacial score (nSPS) is 11.1. The summed E-state index contributed by atoms with van der Waals surface area (Å²) in [5.41, 5.74) is 0.127. The number of nitrogens with one attached hydrogen (secondary N) is 2. The predicted molar refractivity (Wildman–Crippen MR) is 74.1 cm³/mol. The van der Waals surface area contributed by atoms with Gasteiger partial charge in [0.2, 0.25) is 0 Å². The number of anilines is 1. The number of aromatic amines is 1. The Hall–Kier alpha value is -2.55. The van der Waals surface area contributed by atoms with Gasteiger partial charge in [-0.3, -0.25) is 4.72 Å². The number of carboxylic acids is 1. The van der Waals surface area contributed by atoms with Gasteiger partial charge in [0.25, 0.3) is 10.0 Å². The number of aromatic nitrogens is 2. The highest BCUT2D eigenvalue weighted by atomic mass is 32.2. The van der Waals surface area contributed by atoms with Gasteiger partial charge in [-0.05, 0) is 19.1 Å². The molecule has 0 fully saturated rings. The predicted octanol–water partition coefficient (Wildman–Crippen LogP) is 1.23. The lowest BCUT2D eigenvalue weighted by Crippen LogP contribution is -2.14. The molecule has 0 aliphatic carbocycles. The fourth-order valence-electron chi connectivity index (χ4n) is 1.68. The molecule has 0 bridgehead atoms. The van der Waals surface area contributed by atoms with Gasteiger partial charge in [0, 0.05) is 6.07 Å². The standard InChI is InChI=1S/C12H13N3O5S/c1-7-13-6-11(14-7)21(18,19)15-8-3-4-9(12(16)17)10(5-8)20-2/h3-6,15H,1-2H3,(H,13,14)(H,16,17). The Morgan fingerprint density at radius 1 is 1.43 bits per heavy atom. The molecule has 9 heteroatoms. The summed E-state index contributed by atoms with van der Waals surface area (Å²) in [6.07, 6.45) is 1.19. The van der Waals surface area contributed by atoms with Crippen molar-refractivity contribution in [2.45, 2.75) is 11.9 Å². The highest BCUT2D eigenvalue weighted by molar-refractivity contribution is 7.92. The Balaban J connectivity index is 2.34. The van der Waals surface area contributed by atoms with E-state index in [4.69, 9.17) is 9.84 Å². The molecule has 3 N–H and O–H groups in total. The number of methoxy groups -OCH3 is 1. The average molecular weight is 311 g/mol. The molecule has 0 radical (unpaired) electrons. The van der Waals surface area contributed by atoms with Gasteiger partial charge in [0.15, 0.2) is 5.03 Å². The van der Waals surface area contributed by atoms with Gasteiger partial charge in [-0.1, -0.05) is 0 Å². The largest absolute Gasteiger partial charge is 0.496 e. The van der Waals surface area contributed by atoms with Crippen LogP contribution in [-0.2, 0) is 10.0 Å². The summed E-state index contributed by atoms with van der Waals surface area (Å²) >= 11 is 0. The molecule has 0 spiro atoms. The first-order valence-corrected chi connectivity index (χ1v) is 7.27. The summed E-state index contributed by atoms with van der Waals surface area (Å²) < 4.78 is 31.4. The molecule has 112 valence electrons. The number of hydrogen-bond acceptors (Lipinski definition) is 5. The van der Waals surface area contributed by atoms with E-state index in [1.165, 1.54) is 31.5 Å². The molecular formula is C12H13N3O5S. The smallest absolute Gasteiger partial charge is 0.339 e. The first kappa shape index (κ1) is 14.9.